The summed E-state index contributed by atoms with van der Waals surface area (Å²) in [5.74, 6) is -2.77. The van der Waals surface area contributed by atoms with Crippen LogP contribution in [0.4, 0.5) is 13.2 Å². The number of benzene rings is 1. The lowest BCUT2D eigenvalue weighted by Crippen LogP contribution is -2.66. The molecule has 0 radical (unpaired) electrons. The van der Waals surface area contributed by atoms with Crippen molar-refractivity contribution < 1.29 is 37.0 Å². The summed E-state index contributed by atoms with van der Waals surface area (Å²) in [5.41, 5.74) is -4.76. The Kier molecular flexibility index (Phi) is 7.07. The minimum absolute atomic E-state index is 0.100. The average Bonchev–Trinajstić information content (AvgIpc) is 2.97. The van der Waals surface area contributed by atoms with Crippen LogP contribution < -0.4 is 14.8 Å². The van der Waals surface area contributed by atoms with Gasteiger partial charge in [-0.1, -0.05) is 39.5 Å². The Morgan fingerprint density at radius 2 is 1.62 bits per heavy atom. The molecule has 0 spiro atoms. The van der Waals surface area contributed by atoms with Crippen molar-refractivity contribution in [2.45, 2.75) is 83.0 Å². The highest BCUT2D eigenvalue weighted by molar-refractivity contribution is 6.14. The monoisotopic (exact) mass is 522 g/mol. The first-order valence-corrected chi connectivity index (χ1v) is 12.6. The molecule has 0 bridgehead atoms. The first-order valence-electron chi connectivity index (χ1n) is 12.6. The molecule has 202 valence electrons. The Bertz CT molecular complexity index is 1140. The van der Waals surface area contributed by atoms with E-state index in [1.54, 1.807) is 13.8 Å². The molecule has 2 aliphatic carbocycles. The number of allylic oxidation sites excluding steroid dienone is 1. The summed E-state index contributed by atoms with van der Waals surface area (Å²) in [4.78, 5) is 41.8. The molecule has 1 fully saturated rings. The van der Waals surface area contributed by atoms with Gasteiger partial charge in [-0.2, -0.15) is 13.2 Å². The topological polar surface area (TPSA) is 84.9 Å². The zero-order valence-electron chi connectivity index (χ0n) is 21.6. The maximum Gasteiger partial charge on any atom is 0.425 e. The lowest BCUT2D eigenvalue weighted by atomic mass is 9.72. The molecular weight excluding hydrogens is 489 g/mol. The lowest BCUT2D eigenvalue weighted by molar-refractivity contribution is -0.191. The van der Waals surface area contributed by atoms with Crippen LogP contribution in [-0.2, 0) is 9.59 Å². The van der Waals surface area contributed by atoms with Crippen LogP contribution in [0.15, 0.2) is 29.5 Å². The number of nitrogens with one attached hydrogen (secondary N) is 1. The Labute approximate surface area is 214 Å². The van der Waals surface area contributed by atoms with Gasteiger partial charge >= 0.3 is 6.18 Å². The number of rotatable bonds is 5. The van der Waals surface area contributed by atoms with Crippen molar-refractivity contribution in [2.75, 3.05) is 14.2 Å². The SMILES string of the molecule is COc1ccc(C(=O)N[C@@]2(C(F)(F)F)C(=O)N(C3CCCCCC3)C3=C2C(=O)CC(C)(C)C3)cc1OC. The van der Waals surface area contributed by atoms with Gasteiger partial charge in [-0.05, 0) is 42.9 Å². The minimum Gasteiger partial charge on any atom is -0.493 e. The van der Waals surface area contributed by atoms with Gasteiger partial charge in [-0.25, -0.2) is 0 Å². The van der Waals surface area contributed by atoms with E-state index in [0.717, 1.165) is 25.7 Å². The van der Waals surface area contributed by atoms with Crippen LogP contribution >= 0.6 is 0 Å². The molecule has 1 aromatic carbocycles. The van der Waals surface area contributed by atoms with Crippen LogP contribution in [-0.4, -0.2) is 54.5 Å². The zero-order chi connectivity index (χ0) is 27.2. The standard InChI is InChI=1S/C27H33F3N2O5/c1-25(2)14-18-22(19(33)15-25)26(27(28,29)30,24(35)32(18)17-9-7-5-6-8-10-17)31-23(34)16-11-12-20(36-3)21(13-16)37-4/h11-13,17H,5-10,14-15H2,1-4H3,(H,31,34)/t26-/m1/s1. The van der Waals surface area contributed by atoms with Gasteiger partial charge in [0.2, 0.25) is 5.54 Å². The van der Waals surface area contributed by atoms with E-state index in [9.17, 15) is 14.4 Å². The smallest absolute Gasteiger partial charge is 0.425 e. The van der Waals surface area contributed by atoms with Gasteiger partial charge in [0.25, 0.3) is 11.8 Å². The minimum atomic E-state index is -5.24. The quantitative estimate of drug-likeness (QED) is 0.554. The predicted octanol–water partition coefficient (Wildman–Crippen LogP) is 4.94. The number of carbonyl (C=O) groups excluding carboxylic acids is 3. The van der Waals surface area contributed by atoms with E-state index in [1.807, 2.05) is 5.32 Å². The van der Waals surface area contributed by atoms with Gasteiger partial charge in [0, 0.05) is 23.7 Å². The summed E-state index contributed by atoms with van der Waals surface area (Å²) in [6.07, 6.45) is -0.708. The summed E-state index contributed by atoms with van der Waals surface area (Å²) in [6, 6.07) is 3.46. The molecule has 1 heterocycles. The van der Waals surface area contributed by atoms with Gasteiger partial charge < -0.3 is 19.7 Å². The van der Waals surface area contributed by atoms with Gasteiger partial charge in [0.15, 0.2) is 17.3 Å². The first kappa shape index (κ1) is 27.0. The van der Waals surface area contributed by atoms with Crippen molar-refractivity contribution in [3.05, 3.63) is 35.0 Å². The zero-order valence-corrected chi connectivity index (χ0v) is 21.6. The van der Waals surface area contributed by atoms with Gasteiger partial charge in [0.05, 0.1) is 19.8 Å². The van der Waals surface area contributed by atoms with Crippen molar-refractivity contribution in [1.29, 1.82) is 0 Å². The maximum atomic E-state index is 15.1. The number of Topliss-reactive ketones (excluding diaryl/α,β-unsaturated/α-hetero) is 1. The third kappa shape index (κ3) is 4.59. The van der Waals surface area contributed by atoms with Crippen LogP contribution in [0, 0.1) is 5.41 Å². The molecule has 1 aliphatic heterocycles. The molecule has 0 saturated heterocycles. The Morgan fingerprint density at radius 1 is 1.00 bits per heavy atom. The van der Waals surface area contributed by atoms with E-state index in [1.165, 1.54) is 37.3 Å². The number of ether oxygens (including phenoxy) is 2. The summed E-state index contributed by atoms with van der Waals surface area (Å²) >= 11 is 0. The molecule has 7 nitrogen and oxygen atoms in total. The number of nitrogens with zero attached hydrogens (tertiary/aromatic N) is 1. The second-order valence-corrected chi connectivity index (χ2v) is 10.9. The molecule has 3 aliphatic rings. The van der Waals surface area contributed by atoms with E-state index in [-0.39, 0.29) is 35.6 Å². The molecule has 1 atom stereocenters. The van der Waals surface area contributed by atoms with E-state index in [0.29, 0.717) is 12.8 Å². The van der Waals surface area contributed by atoms with Crippen molar-refractivity contribution in [3.63, 3.8) is 0 Å². The molecule has 2 amide bonds. The number of hydrogen-bond donors (Lipinski definition) is 1. The number of carbonyl (C=O) groups is 3. The van der Waals surface area contributed by atoms with Crippen LogP contribution in [0.2, 0.25) is 0 Å². The van der Waals surface area contributed by atoms with E-state index >= 15 is 13.2 Å². The third-order valence-electron chi connectivity index (χ3n) is 7.62. The number of alkyl halides is 3. The number of halogens is 3. The maximum absolute atomic E-state index is 15.1. The Balaban J connectivity index is 1.85. The van der Waals surface area contributed by atoms with Crippen molar-refractivity contribution in [2.24, 2.45) is 5.41 Å². The molecule has 0 unspecified atom stereocenters. The molecule has 10 heteroatoms. The van der Waals surface area contributed by atoms with E-state index < -0.39 is 46.3 Å². The summed E-state index contributed by atoms with van der Waals surface area (Å²) in [5, 5.41) is 2.00. The van der Waals surface area contributed by atoms with Gasteiger partial charge in [0.1, 0.15) is 0 Å². The number of amides is 2. The van der Waals surface area contributed by atoms with Gasteiger partial charge in [-0.15, -0.1) is 0 Å². The van der Waals surface area contributed by atoms with E-state index in [2.05, 4.69) is 0 Å². The summed E-state index contributed by atoms with van der Waals surface area (Å²) in [6.45, 7) is 3.61. The van der Waals surface area contributed by atoms with Crippen molar-refractivity contribution in [3.8, 4) is 11.5 Å². The van der Waals surface area contributed by atoms with Gasteiger partial charge in [-0.3, -0.25) is 14.4 Å². The molecule has 1 N–H and O–H groups in total. The Hall–Kier alpha value is -3.04. The van der Waals surface area contributed by atoms with Crippen LogP contribution in [0.3, 0.4) is 0 Å². The highest BCUT2D eigenvalue weighted by atomic mass is 19.4. The number of methoxy groups -OCH3 is 2. The molecule has 0 aromatic heterocycles. The average molecular weight is 523 g/mol. The highest BCUT2D eigenvalue weighted by Gasteiger charge is 2.72. The van der Waals surface area contributed by atoms with Crippen LogP contribution in [0.5, 0.6) is 11.5 Å². The normalized spacial score (nSPS) is 24.6. The molecule has 37 heavy (non-hydrogen) atoms. The molecular formula is C27H33F3N2O5. The van der Waals surface area contributed by atoms with Crippen LogP contribution in [0.1, 0.15) is 75.6 Å². The fourth-order valence-electron chi connectivity index (χ4n) is 5.90. The summed E-state index contributed by atoms with van der Waals surface area (Å²) in [7, 11) is 2.72. The molecule has 1 aromatic rings. The summed E-state index contributed by atoms with van der Waals surface area (Å²) < 4.78 is 55.5. The molecule has 4 rings (SSSR count). The number of ketones is 1. The second-order valence-electron chi connectivity index (χ2n) is 10.9. The predicted molar refractivity (Wildman–Crippen MR) is 129 cm³/mol. The van der Waals surface area contributed by atoms with Crippen molar-refractivity contribution >= 4 is 17.6 Å². The fraction of sp³-hybridized carbons (Fsp3) is 0.593. The fourth-order valence-corrected chi connectivity index (χ4v) is 5.90. The Morgan fingerprint density at radius 3 is 2.19 bits per heavy atom. The van der Waals surface area contributed by atoms with Crippen LogP contribution in [0.25, 0.3) is 0 Å². The largest absolute Gasteiger partial charge is 0.493 e. The third-order valence-corrected chi connectivity index (χ3v) is 7.62. The van der Waals surface area contributed by atoms with E-state index in [4.69, 9.17) is 9.47 Å². The molecule has 1 saturated carbocycles. The number of hydrogen-bond acceptors (Lipinski definition) is 5. The lowest BCUT2D eigenvalue weighted by Gasteiger charge is -2.36. The highest BCUT2D eigenvalue weighted by Crippen LogP contribution is 2.53. The first-order chi connectivity index (χ1) is 17.4. The van der Waals surface area contributed by atoms with Crippen molar-refractivity contribution in [1.82, 2.24) is 10.2 Å². The second kappa shape index (κ2) is 9.68.